The molecule has 15 heavy (non-hydrogen) atoms. The molecule has 82 valence electrons. The van der Waals surface area contributed by atoms with Crippen molar-refractivity contribution in [2.45, 2.75) is 4.83 Å². The Balaban J connectivity index is 2.06. The number of hydrogen-bond donors (Lipinski definition) is 0. The lowest BCUT2D eigenvalue weighted by Gasteiger charge is -2.20. The van der Waals surface area contributed by atoms with Crippen molar-refractivity contribution in [3.63, 3.8) is 0 Å². The second kappa shape index (κ2) is 5.05. The highest BCUT2D eigenvalue weighted by atomic mass is 79.9. The van der Waals surface area contributed by atoms with Gasteiger partial charge in [-0.2, -0.15) is 0 Å². The zero-order chi connectivity index (χ0) is 10.7. The lowest BCUT2D eigenvalue weighted by atomic mass is 10.3. The van der Waals surface area contributed by atoms with Crippen molar-refractivity contribution in [1.29, 1.82) is 0 Å². The summed E-state index contributed by atoms with van der Waals surface area (Å²) in [4.78, 5) is 18.6. The van der Waals surface area contributed by atoms with Gasteiger partial charge in [0.05, 0.1) is 29.7 Å². The van der Waals surface area contributed by atoms with Gasteiger partial charge in [-0.3, -0.25) is 9.78 Å². The molecule has 1 aromatic heterocycles. The Bertz CT molecular complexity index is 331. The lowest BCUT2D eigenvalue weighted by molar-refractivity contribution is 0.0746. The third-order valence-corrected chi connectivity index (χ3v) is 3.47. The summed E-state index contributed by atoms with van der Waals surface area (Å²) >= 11 is 4.85. The number of carbonyl (C=O) groups excluding carboxylic acids is 1. The number of alkyl halides is 1. The van der Waals surface area contributed by atoms with Crippen LogP contribution in [0.4, 0.5) is 0 Å². The monoisotopic (exact) mass is 290 g/mol. The van der Waals surface area contributed by atoms with E-state index in [9.17, 15) is 4.79 Å². The van der Waals surface area contributed by atoms with E-state index in [1.54, 1.807) is 16.6 Å². The van der Waals surface area contributed by atoms with Crippen molar-refractivity contribution in [2.75, 3.05) is 26.3 Å². The van der Waals surface area contributed by atoms with Crippen LogP contribution in [0.25, 0.3) is 0 Å². The predicted molar refractivity (Wildman–Crippen MR) is 61.6 cm³/mol. The quantitative estimate of drug-likeness (QED) is 0.734. The fourth-order valence-corrected chi connectivity index (χ4v) is 2.55. The van der Waals surface area contributed by atoms with Crippen LogP contribution in [0.1, 0.15) is 9.67 Å². The molecule has 0 radical (unpaired) electrons. The number of nitrogens with zero attached hydrogens (tertiary/aromatic N) is 2. The van der Waals surface area contributed by atoms with Crippen LogP contribution in [0, 0.1) is 0 Å². The number of ether oxygens (including phenoxy) is 1. The molecule has 0 aliphatic carbocycles. The molecular weight excluding hydrogens is 280 g/mol. The minimum absolute atomic E-state index is 0.0486. The van der Waals surface area contributed by atoms with E-state index < -0.39 is 0 Å². The summed E-state index contributed by atoms with van der Waals surface area (Å²) < 4.78 is 5.35. The second-order valence-corrected chi connectivity index (χ2v) is 5.47. The van der Waals surface area contributed by atoms with Gasteiger partial charge < -0.3 is 9.64 Å². The molecular formula is C9H11BrN2O2S. The Hall–Kier alpha value is -0.460. The van der Waals surface area contributed by atoms with Gasteiger partial charge >= 0.3 is 0 Å². The third-order valence-electron chi connectivity index (χ3n) is 2.15. The average molecular weight is 291 g/mol. The standard InChI is InChI=1S/C9H11BrN2O2S/c10-7-4-12(1-2-14-5-7)9(13)8-3-11-6-15-8/h3,6-7H,1-2,4-5H2. The predicted octanol–water partition coefficient (Wildman–Crippen LogP) is 1.38. The fourth-order valence-electron chi connectivity index (χ4n) is 1.43. The Kier molecular flexibility index (Phi) is 3.71. The maximum Gasteiger partial charge on any atom is 0.265 e. The van der Waals surface area contributed by atoms with Gasteiger partial charge in [-0.1, -0.05) is 15.9 Å². The van der Waals surface area contributed by atoms with Gasteiger partial charge in [0.15, 0.2) is 0 Å². The molecule has 0 N–H and O–H groups in total. The molecule has 2 rings (SSSR count). The SMILES string of the molecule is O=C(c1cncs1)N1CCOCC(Br)C1. The average Bonchev–Trinajstić information content (AvgIpc) is 2.67. The normalized spacial score (nSPS) is 22.5. The molecule has 0 bridgehead atoms. The van der Waals surface area contributed by atoms with E-state index in [4.69, 9.17) is 4.74 Å². The van der Waals surface area contributed by atoms with E-state index in [1.807, 2.05) is 0 Å². The fraction of sp³-hybridized carbons (Fsp3) is 0.556. The number of hydrogen-bond acceptors (Lipinski definition) is 4. The third kappa shape index (κ3) is 2.76. The molecule has 1 aliphatic heterocycles. The highest BCUT2D eigenvalue weighted by Gasteiger charge is 2.22. The minimum Gasteiger partial charge on any atom is -0.378 e. The van der Waals surface area contributed by atoms with Crippen molar-refractivity contribution >= 4 is 33.2 Å². The van der Waals surface area contributed by atoms with Crippen molar-refractivity contribution < 1.29 is 9.53 Å². The number of amides is 1. The summed E-state index contributed by atoms with van der Waals surface area (Å²) in [5, 5.41) is 0. The lowest BCUT2D eigenvalue weighted by Crippen LogP contribution is -2.35. The van der Waals surface area contributed by atoms with Crippen LogP contribution >= 0.6 is 27.3 Å². The smallest absolute Gasteiger partial charge is 0.265 e. The molecule has 1 amide bonds. The summed E-state index contributed by atoms with van der Waals surface area (Å²) in [6, 6.07) is 0. The topological polar surface area (TPSA) is 42.4 Å². The van der Waals surface area contributed by atoms with E-state index in [2.05, 4.69) is 20.9 Å². The van der Waals surface area contributed by atoms with Crippen LogP contribution in [0.15, 0.2) is 11.7 Å². The minimum atomic E-state index is 0.0486. The van der Waals surface area contributed by atoms with Gasteiger partial charge in [-0.25, -0.2) is 0 Å². The van der Waals surface area contributed by atoms with E-state index in [0.29, 0.717) is 31.2 Å². The Morgan fingerprint density at radius 1 is 1.73 bits per heavy atom. The Morgan fingerprint density at radius 2 is 2.60 bits per heavy atom. The number of carbonyl (C=O) groups is 1. The highest BCUT2D eigenvalue weighted by Crippen LogP contribution is 2.14. The molecule has 1 aliphatic rings. The molecule has 1 aromatic rings. The van der Waals surface area contributed by atoms with Gasteiger partial charge in [0, 0.05) is 13.1 Å². The number of thiazole rings is 1. The van der Waals surface area contributed by atoms with Crippen molar-refractivity contribution in [1.82, 2.24) is 9.88 Å². The zero-order valence-corrected chi connectivity index (χ0v) is 10.5. The molecule has 4 nitrogen and oxygen atoms in total. The van der Waals surface area contributed by atoms with E-state index in [0.717, 1.165) is 0 Å². The first-order chi connectivity index (χ1) is 7.27. The molecule has 2 heterocycles. The summed E-state index contributed by atoms with van der Waals surface area (Å²) in [6.45, 7) is 2.61. The van der Waals surface area contributed by atoms with Crippen molar-refractivity contribution in [2.24, 2.45) is 0 Å². The van der Waals surface area contributed by atoms with Crippen molar-refractivity contribution in [3.05, 3.63) is 16.6 Å². The summed E-state index contributed by atoms with van der Waals surface area (Å²) in [5.74, 6) is 0.0486. The largest absolute Gasteiger partial charge is 0.378 e. The number of aromatic nitrogens is 1. The van der Waals surface area contributed by atoms with E-state index >= 15 is 0 Å². The number of rotatable bonds is 1. The first-order valence-electron chi connectivity index (χ1n) is 4.67. The van der Waals surface area contributed by atoms with Crippen LogP contribution in [-0.4, -0.2) is 46.9 Å². The second-order valence-electron chi connectivity index (χ2n) is 3.29. The summed E-state index contributed by atoms with van der Waals surface area (Å²) in [6.07, 6.45) is 1.61. The first kappa shape index (κ1) is 11.0. The van der Waals surface area contributed by atoms with Gasteiger partial charge in [-0.15, -0.1) is 11.3 Å². The maximum atomic E-state index is 12.0. The molecule has 6 heteroatoms. The molecule has 1 unspecified atom stereocenters. The van der Waals surface area contributed by atoms with Gasteiger partial charge in [0.2, 0.25) is 0 Å². The molecule has 0 saturated carbocycles. The van der Waals surface area contributed by atoms with Crippen molar-refractivity contribution in [3.8, 4) is 0 Å². The summed E-state index contributed by atoms with van der Waals surface area (Å²) in [5.41, 5.74) is 1.67. The molecule has 0 spiro atoms. The molecule has 1 atom stereocenters. The van der Waals surface area contributed by atoms with Crippen LogP contribution in [-0.2, 0) is 4.74 Å². The van der Waals surface area contributed by atoms with E-state index in [-0.39, 0.29) is 10.7 Å². The summed E-state index contributed by atoms with van der Waals surface area (Å²) in [7, 11) is 0. The first-order valence-corrected chi connectivity index (χ1v) is 6.46. The van der Waals surface area contributed by atoms with Gasteiger partial charge in [0.1, 0.15) is 4.88 Å². The molecule has 1 saturated heterocycles. The van der Waals surface area contributed by atoms with Gasteiger partial charge in [0.25, 0.3) is 5.91 Å². The molecule has 0 aromatic carbocycles. The van der Waals surface area contributed by atoms with Crippen LogP contribution < -0.4 is 0 Å². The Morgan fingerprint density at radius 3 is 3.33 bits per heavy atom. The van der Waals surface area contributed by atoms with Gasteiger partial charge in [-0.05, 0) is 0 Å². The Labute approximate surface area is 100 Å². The van der Waals surface area contributed by atoms with E-state index in [1.165, 1.54) is 11.3 Å². The zero-order valence-electron chi connectivity index (χ0n) is 8.06. The van der Waals surface area contributed by atoms with Crippen LogP contribution in [0.2, 0.25) is 0 Å². The van der Waals surface area contributed by atoms with Crippen LogP contribution in [0.5, 0.6) is 0 Å². The highest BCUT2D eigenvalue weighted by molar-refractivity contribution is 9.09. The van der Waals surface area contributed by atoms with Crippen LogP contribution in [0.3, 0.4) is 0 Å². The molecule has 1 fully saturated rings. The number of halogens is 1. The maximum absolute atomic E-state index is 12.0.